The summed E-state index contributed by atoms with van der Waals surface area (Å²) in [5.74, 6) is 0.171. The molecule has 1 aromatic carbocycles. The zero-order valence-corrected chi connectivity index (χ0v) is 14.0. The molecule has 1 aliphatic rings. The molecule has 0 aliphatic heterocycles. The van der Waals surface area contributed by atoms with Gasteiger partial charge in [0.2, 0.25) is 0 Å². The number of hydrogen-bond donors (Lipinski definition) is 2. The number of amides is 2. The normalized spacial score (nSPS) is 20.8. The summed E-state index contributed by atoms with van der Waals surface area (Å²) in [6, 6.07) is 9.42. The second-order valence-electron chi connectivity index (χ2n) is 6.88. The third-order valence-electron chi connectivity index (χ3n) is 4.61. The monoisotopic (exact) mass is 315 g/mol. The summed E-state index contributed by atoms with van der Waals surface area (Å²) in [5, 5.41) is 21.8. The summed E-state index contributed by atoms with van der Waals surface area (Å²) in [5.41, 5.74) is 1.07. The molecule has 0 radical (unpaired) electrons. The number of anilines is 1. The van der Waals surface area contributed by atoms with E-state index in [-0.39, 0.29) is 18.1 Å². The highest BCUT2D eigenvalue weighted by atomic mass is 16.3. The Hall–Kier alpha value is -2.06. The molecule has 1 aromatic rings. The van der Waals surface area contributed by atoms with Crippen molar-refractivity contribution < 1.29 is 9.90 Å². The zero-order chi connectivity index (χ0) is 17.0. The smallest absolute Gasteiger partial charge is 0.321 e. The number of benzene rings is 1. The lowest BCUT2D eigenvalue weighted by molar-refractivity contribution is 0.116. The van der Waals surface area contributed by atoms with E-state index < -0.39 is 5.41 Å². The predicted octanol–water partition coefficient (Wildman–Crippen LogP) is 3.11. The molecule has 5 nitrogen and oxygen atoms in total. The minimum absolute atomic E-state index is 0.171. The van der Waals surface area contributed by atoms with Gasteiger partial charge in [-0.2, -0.15) is 5.26 Å². The van der Waals surface area contributed by atoms with Crippen molar-refractivity contribution in [2.24, 2.45) is 5.92 Å². The van der Waals surface area contributed by atoms with Gasteiger partial charge in [-0.05, 0) is 44.4 Å². The highest BCUT2D eigenvalue weighted by molar-refractivity contribution is 5.89. The molecule has 1 fully saturated rings. The minimum atomic E-state index is -0.544. The fourth-order valence-electron chi connectivity index (χ4n) is 2.92. The van der Waals surface area contributed by atoms with Gasteiger partial charge >= 0.3 is 6.03 Å². The molecule has 2 atom stereocenters. The van der Waals surface area contributed by atoms with Crippen LogP contribution < -0.4 is 5.32 Å². The van der Waals surface area contributed by atoms with Crippen molar-refractivity contribution in [2.45, 2.75) is 44.6 Å². The molecule has 23 heavy (non-hydrogen) atoms. The van der Waals surface area contributed by atoms with Crippen molar-refractivity contribution in [3.05, 3.63) is 29.8 Å². The average molecular weight is 315 g/mol. The predicted molar refractivity (Wildman–Crippen MR) is 90.1 cm³/mol. The fraction of sp³-hybridized carbons (Fsp3) is 0.556. The number of nitrogens with one attached hydrogen (secondary N) is 1. The molecule has 0 aromatic heterocycles. The van der Waals surface area contributed by atoms with Crippen LogP contribution in [0.1, 0.15) is 38.7 Å². The van der Waals surface area contributed by atoms with E-state index in [1.54, 1.807) is 11.9 Å². The van der Waals surface area contributed by atoms with Crippen LogP contribution in [0.2, 0.25) is 0 Å². The highest BCUT2D eigenvalue weighted by Crippen LogP contribution is 2.26. The van der Waals surface area contributed by atoms with Gasteiger partial charge < -0.3 is 15.3 Å². The fourth-order valence-corrected chi connectivity index (χ4v) is 2.92. The van der Waals surface area contributed by atoms with Gasteiger partial charge in [0.25, 0.3) is 0 Å². The van der Waals surface area contributed by atoms with E-state index in [2.05, 4.69) is 11.4 Å². The molecule has 124 valence electrons. The molecule has 2 N–H and O–H groups in total. The lowest BCUT2D eigenvalue weighted by Crippen LogP contribution is -2.37. The Morgan fingerprint density at radius 2 is 2.04 bits per heavy atom. The van der Waals surface area contributed by atoms with E-state index in [4.69, 9.17) is 5.26 Å². The second kappa shape index (κ2) is 7.01. The van der Waals surface area contributed by atoms with E-state index in [1.165, 1.54) is 0 Å². The van der Waals surface area contributed by atoms with Crippen molar-refractivity contribution >= 4 is 11.7 Å². The van der Waals surface area contributed by atoms with E-state index >= 15 is 0 Å². The van der Waals surface area contributed by atoms with Gasteiger partial charge in [0, 0.05) is 25.2 Å². The topological polar surface area (TPSA) is 76.4 Å². The Kier molecular flexibility index (Phi) is 5.27. The summed E-state index contributed by atoms with van der Waals surface area (Å²) in [6.07, 6.45) is 2.53. The number of urea groups is 1. The summed E-state index contributed by atoms with van der Waals surface area (Å²) < 4.78 is 0. The van der Waals surface area contributed by atoms with Crippen LogP contribution in [0.15, 0.2) is 24.3 Å². The van der Waals surface area contributed by atoms with Crippen molar-refractivity contribution in [2.75, 3.05) is 18.9 Å². The Labute approximate surface area is 137 Å². The van der Waals surface area contributed by atoms with Crippen LogP contribution >= 0.6 is 0 Å². The van der Waals surface area contributed by atoms with Crippen LogP contribution in [0.5, 0.6) is 0 Å². The Balaban J connectivity index is 1.93. The van der Waals surface area contributed by atoms with E-state index in [1.807, 2.05) is 38.1 Å². The van der Waals surface area contributed by atoms with Gasteiger partial charge in [0.1, 0.15) is 0 Å². The lowest BCUT2D eigenvalue weighted by Gasteiger charge is -2.23. The Morgan fingerprint density at radius 1 is 1.39 bits per heavy atom. The van der Waals surface area contributed by atoms with Crippen LogP contribution in [0.3, 0.4) is 0 Å². The van der Waals surface area contributed by atoms with Crippen molar-refractivity contribution in [1.82, 2.24) is 4.90 Å². The van der Waals surface area contributed by atoms with E-state index in [0.29, 0.717) is 12.2 Å². The first-order chi connectivity index (χ1) is 10.8. The van der Waals surface area contributed by atoms with Crippen LogP contribution in [0.4, 0.5) is 10.5 Å². The van der Waals surface area contributed by atoms with Gasteiger partial charge in [-0.25, -0.2) is 4.79 Å². The largest absolute Gasteiger partial charge is 0.393 e. The Morgan fingerprint density at radius 3 is 2.57 bits per heavy atom. The number of rotatable bonds is 4. The maximum Gasteiger partial charge on any atom is 0.321 e. The van der Waals surface area contributed by atoms with E-state index in [0.717, 1.165) is 24.8 Å². The number of nitrogens with zero attached hydrogens (tertiary/aromatic N) is 2. The summed E-state index contributed by atoms with van der Waals surface area (Å²) in [7, 11) is 1.74. The van der Waals surface area contributed by atoms with Crippen LogP contribution in [-0.4, -0.2) is 35.7 Å². The first kappa shape index (κ1) is 17.3. The van der Waals surface area contributed by atoms with Gasteiger partial charge in [0.15, 0.2) is 0 Å². The third kappa shape index (κ3) is 4.23. The zero-order valence-electron chi connectivity index (χ0n) is 14.0. The molecule has 2 amide bonds. The van der Waals surface area contributed by atoms with Gasteiger partial charge in [-0.15, -0.1) is 0 Å². The molecule has 2 unspecified atom stereocenters. The lowest BCUT2D eigenvalue weighted by atomic mass is 9.86. The molecule has 2 rings (SSSR count). The summed E-state index contributed by atoms with van der Waals surface area (Å²) in [6.45, 7) is 4.29. The number of hydrogen-bond acceptors (Lipinski definition) is 3. The molecule has 0 spiro atoms. The average Bonchev–Trinajstić information content (AvgIpc) is 2.93. The minimum Gasteiger partial charge on any atom is -0.393 e. The number of aliphatic hydroxyl groups is 1. The van der Waals surface area contributed by atoms with Crippen molar-refractivity contribution in [1.29, 1.82) is 5.26 Å². The summed E-state index contributed by atoms with van der Waals surface area (Å²) in [4.78, 5) is 13.8. The number of aliphatic hydroxyl groups excluding tert-OH is 1. The number of nitriles is 1. The molecular weight excluding hydrogens is 290 g/mol. The molecule has 0 saturated heterocycles. The molecule has 5 heteroatoms. The molecule has 1 aliphatic carbocycles. The van der Waals surface area contributed by atoms with Gasteiger partial charge in [0.05, 0.1) is 17.6 Å². The van der Waals surface area contributed by atoms with Crippen LogP contribution in [-0.2, 0) is 5.41 Å². The molecule has 0 heterocycles. The van der Waals surface area contributed by atoms with Gasteiger partial charge in [-0.3, -0.25) is 0 Å². The maximum atomic E-state index is 12.2. The van der Waals surface area contributed by atoms with Crippen molar-refractivity contribution in [3.8, 4) is 6.07 Å². The number of carbonyl (C=O) groups excluding carboxylic acids is 1. The van der Waals surface area contributed by atoms with Crippen molar-refractivity contribution in [3.63, 3.8) is 0 Å². The first-order valence-corrected chi connectivity index (χ1v) is 8.05. The van der Waals surface area contributed by atoms with E-state index in [9.17, 15) is 9.90 Å². The first-order valence-electron chi connectivity index (χ1n) is 8.05. The molecular formula is C18H25N3O2. The van der Waals surface area contributed by atoms with Crippen LogP contribution in [0.25, 0.3) is 0 Å². The summed E-state index contributed by atoms with van der Waals surface area (Å²) >= 11 is 0. The SMILES string of the molecule is CN(CC1CCCC1O)C(=O)Nc1ccc(C(C)(C)C#N)cc1. The molecule has 1 saturated carbocycles. The third-order valence-corrected chi connectivity index (χ3v) is 4.61. The molecule has 0 bridgehead atoms. The Bertz CT molecular complexity index is 589. The standard InChI is InChI=1S/C18H25N3O2/c1-18(2,12-19)14-7-9-15(10-8-14)20-17(23)21(3)11-13-5-4-6-16(13)22/h7-10,13,16,22H,4-6,11H2,1-3H3,(H,20,23). The number of carbonyl (C=O) groups is 1. The second-order valence-corrected chi connectivity index (χ2v) is 6.88. The maximum absolute atomic E-state index is 12.2. The van der Waals surface area contributed by atoms with Crippen LogP contribution in [0, 0.1) is 17.2 Å². The van der Waals surface area contributed by atoms with Gasteiger partial charge in [-0.1, -0.05) is 18.6 Å². The highest BCUT2D eigenvalue weighted by Gasteiger charge is 2.27. The quantitative estimate of drug-likeness (QED) is 0.896.